The van der Waals surface area contributed by atoms with E-state index in [9.17, 15) is 4.79 Å². The minimum Gasteiger partial charge on any atom is -0.376 e. The van der Waals surface area contributed by atoms with Crippen LogP contribution in [0.3, 0.4) is 0 Å². The number of nitrogens with zero attached hydrogens (tertiary/aromatic N) is 2. The van der Waals surface area contributed by atoms with Gasteiger partial charge in [-0.15, -0.1) is 5.10 Å². The number of carbonyl (C=O) groups excluding carboxylic acids is 1. The van der Waals surface area contributed by atoms with Gasteiger partial charge in [-0.05, 0) is 6.92 Å². The molecule has 94 valence electrons. The Morgan fingerprint density at radius 3 is 3.18 bits per heavy atom. The van der Waals surface area contributed by atoms with Crippen LogP contribution in [0, 0.1) is 0 Å². The number of hydrogen-bond acceptors (Lipinski definition) is 6. The summed E-state index contributed by atoms with van der Waals surface area (Å²) in [6.07, 6.45) is -0.121. The number of aromatic nitrogens is 3. The Hall–Kier alpha value is -1.67. The molecular weight excluding hydrogens is 226 g/mol. The van der Waals surface area contributed by atoms with Crippen LogP contribution in [0.25, 0.3) is 0 Å². The molecule has 0 unspecified atom stereocenters. The third kappa shape index (κ3) is 2.71. The first-order valence-corrected chi connectivity index (χ1v) is 5.38. The van der Waals surface area contributed by atoms with E-state index < -0.39 is 0 Å². The molecule has 1 saturated heterocycles. The average Bonchev–Trinajstić information content (AvgIpc) is 2.89. The predicted octanol–water partition coefficient (Wildman–Crippen LogP) is -1.08. The van der Waals surface area contributed by atoms with Gasteiger partial charge in [0.05, 0.1) is 19.3 Å². The van der Waals surface area contributed by atoms with Crippen LogP contribution >= 0.6 is 0 Å². The molecule has 1 aliphatic heterocycles. The van der Waals surface area contributed by atoms with Gasteiger partial charge >= 0.3 is 0 Å². The van der Waals surface area contributed by atoms with Gasteiger partial charge < -0.3 is 20.5 Å². The zero-order chi connectivity index (χ0) is 12.3. The first-order chi connectivity index (χ1) is 8.20. The van der Waals surface area contributed by atoms with E-state index in [4.69, 9.17) is 15.2 Å². The molecule has 1 fully saturated rings. The summed E-state index contributed by atoms with van der Waals surface area (Å²) in [6, 6.07) is -0.172. The molecule has 0 aromatic carbocycles. The third-order valence-electron chi connectivity index (χ3n) is 2.44. The second-order valence-electron chi connectivity index (χ2n) is 3.65. The molecule has 0 radical (unpaired) electrons. The van der Waals surface area contributed by atoms with Crippen molar-refractivity contribution in [3.05, 3.63) is 5.82 Å². The lowest BCUT2D eigenvalue weighted by atomic mass is 10.2. The number of nitrogens with one attached hydrogen (secondary N) is 2. The number of amides is 1. The van der Waals surface area contributed by atoms with Gasteiger partial charge in [0.15, 0.2) is 0 Å². The van der Waals surface area contributed by atoms with E-state index in [0.717, 1.165) is 0 Å². The van der Waals surface area contributed by atoms with Crippen LogP contribution in [-0.2, 0) is 9.47 Å². The molecule has 17 heavy (non-hydrogen) atoms. The minimum atomic E-state index is -0.366. The van der Waals surface area contributed by atoms with Crippen LogP contribution in [0.15, 0.2) is 0 Å². The molecule has 2 heterocycles. The van der Waals surface area contributed by atoms with Crippen molar-refractivity contribution in [2.45, 2.75) is 19.1 Å². The number of anilines is 1. The number of ether oxygens (including phenoxy) is 2. The molecule has 1 aromatic heterocycles. The molecule has 2 rings (SSSR count). The van der Waals surface area contributed by atoms with Crippen molar-refractivity contribution >= 4 is 11.9 Å². The Labute approximate surface area is 97.9 Å². The monoisotopic (exact) mass is 241 g/mol. The molecule has 0 saturated carbocycles. The van der Waals surface area contributed by atoms with Crippen molar-refractivity contribution in [2.24, 2.45) is 0 Å². The molecule has 0 spiro atoms. The number of hydrogen-bond donors (Lipinski definition) is 3. The highest BCUT2D eigenvalue weighted by Crippen LogP contribution is 2.10. The topological polar surface area (TPSA) is 115 Å². The Morgan fingerprint density at radius 2 is 2.53 bits per heavy atom. The minimum absolute atomic E-state index is 0.0409. The van der Waals surface area contributed by atoms with Gasteiger partial charge in [-0.1, -0.05) is 0 Å². The summed E-state index contributed by atoms with van der Waals surface area (Å²) in [5.74, 6) is -0.238. The van der Waals surface area contributed by atoms with Crippen LogP contribution < -0.4 is 11.1 Å². The molecule has 1 aromatic rings. The molecule has 0 bridgehead atoms. The van der Waals surface area contributed by atoms with E-state index in [1.54, 1.807) is 0 Å². The van der Waals surface area contributed by atoms with E-state index in [2.05, 4.69) is 20.5 Å². The fourth-order valence-electron chi connectivity index (χ4n) is 1.66. The van der Waals surface area contributed by atoms with E-state index in [0.29, 0.717) is 19.8 Å². The Bertz CT molecular complexity index is 394. The lowest BCUT2D eigenvalue weighted by Crippen LogP contribution is -2.44. The van der Waals surface area contributed by atoms with Crippen molar-refractivity contribution in [1.29, 1.82) is 0 Å². The summed E-state index contributed by atoms with van der Waals surface area (Å²) in [5, 5.41) is 8.80. The number of nitrogen functional groups attached to an aromatic ring is 1. The fraction of sp³-hybridized carbons (Fsp3) is 0.667. The average molecular weight is 241 g/mol. The molecule has 8 heteroatoms. The van der Waals surface area contributed by atoms with Gasteiger partial charge in [0, 0.05) is 6.61 Å². The normalized spacial score (nSPS) is 23.8. The van der Waals surface area contributed by atoms with Gasteiger partial charge in [0.25, 0.3) is 5.91 Å². The number of carbonyl (C=O) groups is 1. The van der Waals surface area contributed by atoms with Gasteiger partial charge in [0.2, 0.25) is 11.8 Å². The van der Waals surface area contributed by atoms with Crippen molar-refractivity contribution in [3.63, 3.8) is 0 Å². The van der Waals surface area contributed by atoms with E-state index >= 15 is 0 Å². The van der Waals surface area contributed by atoms with Crippen molar-refractivity contribution in [2.75, 3.05) is 25.6 Å². The van der Waals surface area contributed by atoms with Crippen LogP contribution in [-0.4, -0.2) is 53.1 Å². The Kier molecular flexibility index (Phi) is 3.55. The summed E-state index contributed by atoms with van der Waals surface area (Å²) in [4.78, 5) is 15.5. The number of rotatable bonds is 4. The second-order valence-corrected chi connectivity index (χ2v) is 3.65. The van der Waals surface area contributed by atoms with Crippen molar-refractivity contribution < 1.29 is 14.3 Å². The standard InChI is InChI=1S/C9H15N5O3/c1-2-17-6-4-16-3-5(6)11-8(15)7-12-9(10)14-13-7/h5-6H,2-4H2,1H3,(H,11,15)(H3,10,12,13,14)/t5-,6-/m0/s1. The van der Waals surface area contributed by atoms with E-state index in [-0.39, 0.29) is 29.8 Å². The highest BCUT2D eigenvalue weighted by atomic mass is 16.5. The highest BCUT2D eigenvalue weighted by Gasteiger charge is 2.30. The SMILES string of the molecule is CCO[C@H]1COC[C@@H]1NC(=O)c1nc(N)n[nH]1. The molecular formula is C9H15N5O3. The first kappa shape index (κ1) is 11.8. The summed E-state index contributed by atoms with van der Waals surface area (Å²) in [6.45, 7) is 3.39. The summed E-state index contributed by atoms with van der Waals surface area (Å²) >= 11 is 0. The predicted molar refractivity (Wildman–Crippen MR) is 58.3 cm³/mol. The highest BCUT2D eigenvalue weighted by molar-refractivity contribution is 5.90. The molecule has 1 aliphatic rings. The molecule has 1 amide bonds. The van der Waals surface area contributed by atoms with Gasteiger partial charge in [-0.2, -0.15) is 4.98 Å². The zero-order valence-electron chi connectivity index (χ0n) is 9.47. The maximum atomic E-state index is 11.8. The summed E-state index contributed by atoms with van der Waals surface area (Å²) in [5.41, 5.74) is 5.32. The third-order valence-corrected chi connectivity index (χ3v) is 2.44. The largest absolute Gasteiger partial charge is 0.376 e. The Balaban J connectivity index is 1.94. The molecule has 0 aliphatic carbocycles. The van der Waals surface area contributed by atoms with E-state index in [1.165, 1.54) is 0 Å². The van der Waals surface area contributed by atoms with Crippen LogP contribution in [0.1, 0.15) is 17.5 Å². The van der Waals surface area contributed by atoms with Crippen LogP contribution in [0.4, 0.5) is 5.95 Å². The second kappa shape index (κ2) is 5.11. The lowest BCUT2D eigenvalue weighted by molar-refractivity contribution is 0.0401. The number of H-pyrrole nitrogens is 1. The van der Waals surface area contributed by atoms with Crippen LogP contribution in [0.5, 0.6) is 0 Å². The molecule has 2 atom stereocenters. The quantitative estimate of drug-likeness (QED) is 0.617. The van der Waals surface area contributed by atoms with Gasteiger partial charge in [0.1, 0.15) is 6.10 Å². The summed E-state index contributed by atoms with van der Waals surface area (Å²) in [7, 11) is 0. The smallest absolute Gasteiger partial charge is 0.289 e. The number of aromatic amines is 1. The zero-order valence-corrected chi connectivity index (χ0v) is 9.47. The lowest BCUT2D eigenvalue weighted by Gasteiger charge is -2.17. The molecule has 4 N–H and O–H groups in total. The summed E-state index contributed by atoms with van der Waals surface area (Å²) < 4.78 is 10.7. The van der Waals surface area contributed by atoms with Gasteiger partial charge in [-0.25, -0.2) is 0 Å². The Morgan fingerprint density at radius 1 is 1.71 bits per heavy atom. The fourth-order valence-corrected chi connectivity index (χ4v) is 1.66. The van der Waals surface area contributed by atoms with Crippen LogP contribution in [0.2, 0.25) is 0 Å². The number of nitrogens with two attached hydrogens (primary N) is 1. The van der Waals surface area contributed by atoms with Gasteiger partial charge in [-0.3, -0.25) is 9.89 Å². The maximum Gasteiger partial charge on any atom is 0.289 e. The van der Waals surface area contributed by atoms with Crippen molar-refractivity contribution in [3.8, 4) is 0 Å². The molecule has 8 nitrogen and oxygen atoms in total. The van der Waals surface area contributed by atoms with E-state index in [1.807, 2.05) is 6.92 Å². The van der Waals surface area contributed by atoms with Crippen molar-refractivity contribution in [1.82, 2.24) is 20.5 Å². The maximum absolute atomic E-state index is 11.8. The first-order valence-electron chi connectivity index (χ1n) is 5.38.